The number of hydrogen-bond acceptors (Lipinski definition) is 2. The highest BCUT2D eigenvalue weighted by atomic mass is 79.9. The molecule has 2 nitrogen and oxygen atoms in total. The molecular formula is C19H15BrNOS+. The molecule has 114 valence electrons. The molecule has 0 saturated heterocycles. The molecule has 2 aromatic heterocycles. The van der Waals surface area contributed by atoms with Crippen molar-refractivity contribution in [2.75, 3.05) is 0 Å². The molecule has 2 aromatic carbocycles. The molecule has 0 aliphatic heterocycles. The Morgan fingerprint density at radius 3 is 2.57 bits per heavy atom. The first kappa shape index (κ1) is 15.8. The molecule has 4 heteroatoms. The van der Waals surface area contributed by atoms with E-state index in [0.717, 1.165) is 10.4 Å². The van der Waals surface area contributed by atoms with Gasteiger partial charge in [-0.25, -0.2) is 0 Å². The molecule has 0 bridgehead atoms. The summed E-state index contributed by atoms with van der Waals surface area (Å²) < 4.78 is 2.03. The van der Waals surface area contributed by atoms with Gasteiger partial charge in [-0.2, -0.15) is 4.57 Å². The number of thiophene rings is 1. The number of carbonyl (C=O) groups excluding carboxylic acids is 1. The minimum Gasteiger partial charge on any atom is -0.286 e. The van der Waals surface area contributed by atoms with Crippen molar-refractivity contribution in [3.8, 4) is 0 Å². The first-order chi connectivity index (χ1) is 10.8. The van der Waals surface area contributed by atoms with E-state index in [1.165, 1.54) is 27.5 Å². The lowest BCUT2D eigenvalue weighted by Gasteiger charge is -2.04. The maximum atomic E-state index is 12.4. The summed E-state index contributed by atoms with van der Waals surface area (Å²) in [5, 5.41) is 5.56. The largest absolute Gasteiger partial charge is 0.286 e. The Bertz CT molecular complexity index is 979. The molecule has 23 heavy (non-hydrogen) atoms. The van der Waals surface area contributed by atoms with E-state index in [0.29, 0.717) is 6.54 Å². The van der Waals surface area contributed by atoms with E-state index in [1.54, 1.807) is 0 Å². The smallest absolute Gasteiger partial charge is 0.237 e. The van der Waals surface area contributed by atoms with Crippen LogP contribution in [0.25, 0.3) is 21.7 Å². The summed E-state index contributed by atoms with van der Waals surface area (Å²) in [4.78, 5) is 13.2. The van der Waals surface area contributed by atoms with Crippen LogP contribution in [0.2, 0.25) is 0 Å². The van der Waals surface area contributed by atoms with Gasteiger partial charge in [0.15, 0.2) is 6.20 Å². The standard InChI is InChI=1S/C19H14NOS.BrH/c21-18(19-8-4-12-22-19)13-20-11-3-7-16-15-6-2-1-5-14(15)9-10-17(16)20;/h1-12H,13H2;1H/q+1;. The van der Waals surface area contributed by atoms with Crippen LogP contribution in [-0.2, 0) is 6.54 Å². The van der Waals surface area contributed by atoms with Gasteiger partial charge in [-0.05, 0) is 34.4 Å². The zero-order chi connectivity index (χ0) is 14.9. The maximum absolute atomic E-state index is 12.4. The van der Waals surface area contributed by atoms with Gasteiger partial charge in [0.2, 0.25) is 17.8 Å². The molecule has 0 amide bonds. The summed E-state index contributed by atoms with van der Waals surface area (Å²) in [6, 6.07) is 20.5. The number of halogens is 1. The van der Waals surface area contributed by atoms with Crippen LogP contribution in [0.1, 0.15) is 9.67 Å². The zero-order valence-electron chi connectivity index (χ0n) is 12.3. The number of benzene rings is 2. The Kier molecular flexibility index (Phi) is 4.55. The highest BCUT2D eigenvalue weighted by Crippen LogP contribution is 2.23. The monoisotopic (exact) mass is 384 g/mol. The second-order valence-corrected chi connectivity index (χ2v) is 6.20. The van der Waals surface area contributed by atoms with Crippen molar-refractivity contribution in [3.63, 3.8) is 0 Å². The Morgan fingerprint density at radius 1 is 0.913 bits per heavy atom. The van der Waals surface area contributed by atoms with E-state index in [-0.39, 0.29) is 22.8 Å². The van der Waals surface area contributed by atoms with Gasteiger partial charge in [-0.1, -0.05) is 30.3 Å². The first-order valence-corrected chi connectivity index (χ1v) is 8.07. The quantitative estimate of drug-likeness (QED) is 0.282. The van der Waals surface area contributed by atoms with Crippen LogP contribution in [0, 0.1) is 0 Å². The van der Waals surface area contributed by atoms with Crippen molar-refractivity contribution >= 4 is 55.8 Å². The van der Waals surface area contributed by atoms with Crippen molar-refractivity contribution in [2.45, 2.75) is 6.54 Å². The second kappa shape index (κ2) is 6.60. The number of Topliss-reactive ketones (excluding diaryl/α,β-unsaturated/α-hetero) is 1. The van der Waals surface area contributed by atoms with E-state index in [4.69, 9.17) is 0 Å². The van der Waals surface area contributed by atoms with Crippen LogP contribution in [0.3, 0.4) is 0 Å². The summed E-state index contributed by atoms with van der Waals surface area (Å²) >= 11 is 1.50. The number of rotatable bonds is 3. The molecular weight excluding hydrogens is 370 g/mol. The van der Waals surface area contributed by atoms with Gasteiger partial charge in [0.1, 0.15) is 0 Å². The predicted molar refractivity (Wildman–Crippen MR) is 101 cm³/mol. The average Bonchev–Trinajstić information content (AvgIpc) is 3.09. The summed E-state index contributed by atoms with van der Waals surface area (Å²) in [5.41, 5.74) is 1.09. The molecule has 0 spiro atoms. The Labute approximate surface area is 148 Å². The van der Waals surface area contributed by atoms with Crippen LogP contribution in [0.5, 0.6) is 0 Å². The Morgan fingerprint density at radius 2 is 1.74 bits per heavy atom. The third-order valence-corrected chi connectivity index (χ3v) is 4.81. The second-order valence-electron chi connectivity index (χ2n) is 5.26. The first-order valence-electron chi connectivity index (χ1n) is 7.19. The highest BCUT2D eigenvalue weighted by Gasteiger charge is 2.16. The van der Waals surface area contributed by atoms with Crippen LogP contribution < -0.4 is 4.57 Å². The molecule has 4 rings (SSSR count). The number of hydrogen-bond donors (Lipinski definition) is 0. The molecule has 0 N–H and O–H groups in total. The minimum atomic E-state index is 0. The summed E-state index contributed by atoms with van der Waals surface area (Å²) in [6.07, 6.45) is 1.97. The third kappa shape index (κ3) is 2.92. The third-order valence-electron chi connectivity index (χ3n) is 3.90. The molecule has 0 fully saturated rings. The molecule has 4 aromatic rings. The zero-order valence-corrected chi connectivity index (χ0v) is 14.8. The molecule has 0 aliphatic rings. The van der Waals surface area contributed by atoms with Crippen molar-refractivity contribution in [2.24, 2.45) is 0 Å². The van der Waals surface area contributed by atoms with Gasteiger partial charge in [0.05, 0.1) is 10.3 Å². The van der Waals surface area contributed by atoms with Crippen LogP contribution in [-0.4, -0.2) is 5.78 Å². The number of fused-ring (bicyclic) bond motifs is 3. The van der Waals surface area contributed by atoms with Gasteiger partial charge >= 0.3 is 0 Å². The summed E-state index contributed by atoms with van der Waals surface area (Å²) in [6.45, 7) is 0.371. The molecule has 0 atom stereocenters. The molecule has 0 radical (unpaired) electrons. The van der Waals surface area contributed by atoms with E-state index in [2.05, 4.69) is 36.4 Å². The van der Waals surface area contributed by atoms with Gasteiger partial charge in [0.25, 0.3) is 0 Å². The Hall–Kier alpha value is -2.04. The van der Waals surface area contributed by atoms with E-state index < -0.39 is 0 Å². The molecule has 0 unspecified atom stereocenters. The number of pyridine rings is 1. The van der Waals surface area contributed by atoms with Gasteiger partial charge in [-0.15, -0.1) is 28.3 Å². The fourth-order valence-corrected chi connectivity index (χ4v) is 3.50. The Balaban J connectivity index is 0.00000156. The van der Waals surface area contributed by atoms with Crippen molar-refractivity contribution in [1.82, 2.24) is 0 Å². The molecule has 0 aliphatic carbocycles. The summed E-state index contributed by atoms with van der Waals surface area (Å²) in [5.74, 6) is 0.153. The lowest BCUT2D eigenvalue weighted by Crippen LogP contribution is -2.38. The number of nitrogens with zero attached hydrogens (tertiary/aromatic N) is 1. The fourth-order valence-electron chi connectivity index (χ4n) is 2.84. The van der Waals surface area contributed by atoms with E-state index in [9.17, 15) is 4.79 Å². The fraction of sp³-hybridized carbons (Fsp3) is 0.0526. The normalized spacial score (nSPS) is 10.6. The van der Waals surface area contributed by atoms with Crippen molar-refractivity contribution in [1.29, 1.82) is 0 Å². The topological polar surface area (TPSA) is 20.9 Å². The van der Waals surface area contributed by atoms with Crippen molar-refractivity contribution < 1.29 is 9.36 Å². The van der Waals surface area contributed by atoms with Gasteiger partial charge in [-0.3, -0.25) is 4.79 Å². The van der Waals surface area contributed by atoms with E-state index >= 15 is 0 Å². The number of ketones is 1. The lowest BCUT2D eigenvalue weighted by molar-refractivity contribution is -0.657. The van der Waals surface area contributed by atoms with Gasteiger partial charge in [0, 0.05) is 12.1 Å². The van der Waals surface area contributed by atoms with Crippen LogP contribution in [0.4, 0.5) is 0 Å². The SMILES string of the molecule is Br.O=C(C[n+]1cccc2c3ccccc3ccc21)c1cccs1. The molecule has 2 heterocycles. The van der Waals surface area contributed by atoms with Crippen molar-refractivity contribution in [3.05, 3.63) is 77.1 Å². The number of aromatic nitrogens is 1. The van der Waals surface area contributed by atoms with Crippen LogP contribution in [0.15, 0.2) is 72.2 Å². The number of carbonyl (C=O) groups is 1. The summed E-state index contributed by atoms with van der Waals surface area (Å²) in [7, 11) is 0. The average molecular weight is 385 g/mol. The van der Waals surface area contributed by atoms with Crippen LogP contribution >= 0.6 is 28.3 Å². The van der Waals surface area contributed by atoms with E-state index in [1.807, 2.05) is 40.4 Å². The minimum absolute atomic E-state index is 0. The lowest BCUT2D eigenvalue weighted by atomic mass is 10.1. The van der Waals surface area contributed by atoms with Gasteiger partial charge < -0.3 is 0 Å². The highest BCUT2D eigenvalue weighted by molar-refractivity contribution is 8.93. The molecule has 0 saturated carbocycles. The predicted octanol–water partition coefficient (Wildman–Crippen LogP) is 4.80. The maximum Gasteiger partial charge on any atom is 0.237 e.